The van der Waals surface area contributed by atoms with Crippen LogP contribution in [0.5, 0.6) is 0 Å². The monoisotopic (exact) mass is 279 g/mol. The van der Waals surface area contributed by atoms with Gasteiger partial charge >= 0.3 is 0 Å². The van der Waals surface area contributed by atoms with Gasteiger partial charge in [-0.05, 0) is 26.0 Å². The molecular formula is C14H18ClN3O. The van der Waals surface area contributed by atoms with Crippen molar-refractivity contribution in [1.29, 1.82) is 0 Å². The molecule has 1 aromatic carbocycles. The molecule has 0 spiro atoms. The van der Waals surface area contributed by atoms with Crippen LogP contribution in [0.25, 0.3) is 0 Å². The van der Waals surface area contributed by atoms with Crippen LogP contribution in [0.1, 0.15) is 31.5 Å². The van der Waals surface area contributed by atoms with Crippen LogP contribution in [0.2, 0.25) is 5.02 Å². The summed E-state index contributed by atoms with van der Waals surface area (Å²) in [5.74, 6) is 0. The van der Waals surface area contributed by atoms with Gasteiger partial charge in [-0.25, -0.2) is 0 Å². The molecular weight excluding hydrogens is 262 g/mol. The smallest absolute Gasteiger partial charge is 0.0776 e. The second-order valence-electron chi connectivity index (χ2n) is 4.71. The lowest BCUT2D eigenvalue weighted by Gasteiger charge is -2.17. The molecule has 4 nitrogen and oxygen atoms in total. The molecule has 2 aromatic rings. The number of hydrogen-bond acceptors (Lipinski definition) is 3. The number of para-hydroxylation sites is 1. The quantitative estimate of drug-likeness (QED) is 0.883. The minimum atomic E-state index is -0.215. The number of rotatable bonds is 5. The summed E-state index contributed by atoms with van der Waals surface area (Å²) >= 11 is 6.10. The second-order valence-corrected chi connectivity index (χ2v) is 5.11. The maximum absolute atomic E-state index is 9.54. The molecule has 0 aliphatic heterocycles. The number of benzene rings is 1. The maximum Gasteiger partial charge on any atom is 0.0776 e. The molecule has 0 amide bonds. The molecule has 0 fully saturated rings. The van der Waals surface area contributed by atoms with Gasteiger partial charge < -0.3 is 10.4 Å². The van der Waals surface area contributed by atoms with E-state index in [1.165, 1.54) is 0 Å². The highest BCUT2D eigenvalue weighted by Crippen LogP contribution is 2.25. The van der Waals surface area contributed by atoms with Crippen LogP contribution in [0.4, 0.5) is 5.69 Å². The van der Waals surface area contributed by atoms with E-state index in [4.69, 9.17) is 11.6 Å². The molecule has 0 aliphatic carbocycles. The molecule has 2 rings (SSSR count). The van der Waals surface area contributed by atoms with E-state index in [1.807, 2.05) is 35.1 Å². The van der Waals surface area contributed by atoms with Crippen LogP contribution in [-0.2, 0) is 0 Å². The third-order valence-electron chi connectivity index (χ3n) is 2.94. The molecule has 1 heterocycles. The summed E-state index contributed by atoms with van der Waals surface area (Å²) < 4.78 is 1.87. The van der Waals surface area contributed by atoms with Crippen molar-refractivity contribution in [3.63, 3.8) is 0 Å². The first-order valence-electron chi connectivity index (χ1n) is 6.27. The van der Waals surface area contributed by atoms with Crippen LogP contribution in [0.15, 0.2) is 36.7 Å². The highest BCUT2D eigenvalue weighted by atomic mass is 35.5. The number of anilines is 1. The van der Waals surface area contributed by atoms with Gasteiger partial charge in [0.15, 0.2) is 0 Å². The van der Waals surface area contributed by atoms with E-state index < -0.39 is 0 Å². The number of hydrogen-bond donors (Lipinski definition) is 2. The van der Waals surface area contributed by atoms with Crippen molar-refractivity contribution >= 4 is 17.3 Å². The number of nitrogens with zero attached hydrogens (tertiary/aromatic N) is 2. The van der Waals surface area contributed by atoms with Gasteiger partial charge in [0.1, 0.15) is 0 Å². The van der Waals surface area contributed by atoms with Gasteiger partial charge in [0.05, 0.1) is 29.6 Å². The molecule has 5 heteroatoms. The predicted molar refractivity (Wildman–Crippen MR) is 77.5 cm³/mol. The van der Waals surface area contributed by atoms with Gasteiger partial charge in [-0.3, -0.25) is 4.68 Å². The minimum Gasteiger partial charge on any atom is -0.394 e. The number of nitrogens with one attached hydrogen (secondary N) is 1. The Kier molecular flexibility index (Phi) is 4.45. The summed E-state index contributed by atoms with van der Waals surface area (Å²) in [5.41, 5.74) is 1.75. The highest BCUT2D eigenvalue weighted by Gasteiger charge is 2.14. The first-order chi connectivity index (χ1) is 9.11. The first kappa shape index (κ1) is 13.9. The normalized spacial score (nSPS) is 12.7. The van der Waals surface area contributed by atoms with Gasteiger partial charge in [0.2, 0.25) is 0 Å². The fraction of sp³-hybridized carbons (Fsp3) is 0.357. The number of aliphatic hydroxyl groups is 1. The van der Waals surface area contributed by atoms with Crippen molar-refractivity contribution in [2.45, 2.75) is 25.9 Å². The Morgan fingerprint density at radius 2 is 2.11 bits per heavy atom. The van der Waals surface area contributed by atoms with Gasteiger partial charge in [-0.15, -0.1) is 0 Å². The Hall–Kier alpha value is -1.52. The van der Waals surface area contributed by atoms with Crippen LogP contribution in [-0.4, -0.2) is 21.5 Å². The number of halogens is 1. The fourth-order valence-corrected chi connectivity index (χ4v) is 2.01. The van der Waals surface area contributed by atoms with Crippen molar-refractivity contribution < 1.29 is 5.11 Å². The van der Waals surface area contributed by atoms with Crippen molar-refractivity contribution in [3.8, 4) is 0 Å². The molecule has 102 valence electrons. The van der Waals surface area contributed by atoms with Crippen molar-refractivity contribution in [2.24, 2.45) is 0 Å². The molecule has 0 aliphatic rings. The Morgan fingerprint density at radius 1 is 1.37 bits per heavy atom. The highest BCUT2D eigenvalue weighted by molar-refractivity contribution is 6.33. The van der Waals surface area contributed by atoms with E-state index in [9.17, 15) is 5.11 Å². The van der Waals surface area contributed by atoms with Gasteiger partial charge in [0.25, 0.3) is 0 Å². The Morgan fingerprint density at radius 3 is 2.68 bits per heavy atom. The van der Waals surface area contributed by atoms with E-state index in [1.54, 1.807) is 6.20 Å². The molecule has 1 aromatic heterocycles. The molecule has 1 unspecified atom stereocenters. The molecule has 0 radical (unpaired) electrons. The minimum absolute atomic E-state index is 0.0188. The van der Waals surface area contributed by atoms with Crippen LogP contribution < -0.4 is 5.32 Å². The number of aromatic nitrogens is 2. The van der Waals surface area contributed by atoms with Gasteiger partial charge in [-0.1, -0.05) is 23.7 Å². The third kappa shape index (κ3) is 3.28. The van der Waals surface area contributed by atoms with Crippen LogP contribution in [0, 0.1) is 0 Å². The SMILES string of the molecule is CC(C)n1cc(C(CO)Nc2ccccc2Cl)cn1. The predicted octanol–water partition coefficient (Wildman–Crippen LogP) is 3.26. The fourth-order valence-electron chi connectivity index (χ4n) is 1.82. The van der Waals surface area contributed by atoms with E-state index in [2.05, 4.69) is 24.3 Å². The lowest BCUT2D eigenvalue weighted by molar-refractivity contribution is 0.276. The zero-order valence-electron chi connectivity index (χ0n) is 11.0. The zero-order chi connectivity index (χ0) is 13.8. The molecule has 0 saturated heterocycles. The lowest BCUT2D eigenvalue weighted by atomic mass is 10.1. The largest absolute Gasteiger partial charge is 0.394 e. The van der Waals surface area contributed by atoms with Crippen molar-refractivity contribution in [1.82, 2.24) is 9.78 Å². The number of aliphatic hydroxyl groups excluding tert-OH is 1. The Balaban J connectivity index is 2.18. The van der Waals surface area contributed by atoms with E-state index in [0.717, 1.165) is 11.3 Å². The summed E-state index contributed by atoms with van der Waals surface area (Å²) in [6.45, 7) is 4.10. The van der Waals surface area contributed by atoms with Crippen molar-refractivity contribution in [2.75, 3.05) is 11.9 Å². The zero-order valence-corrected chi connectivity index (χ0v) is 11.8. The summed E-state index contributed by atoms with van der Waals surface area (Å²) in [4.78, 5) is 0. The Labute approximate surface area is 118 Å². The summed E-state index contributed by atoms with van der Waals surface area (Å²) in [7, 11) is 0. The molecule has 19 heavy (non-hydrogen) atoms. The molecule has 1 atom stereocenters. The van der Waals surface area contributed by atoms with Crippen LogP contribution >= 0.6 is 11.6 Å². The van der Waals surface area contributed by atoms with E-state index in [0.29, 0.717) is 11.1 Å². The standard InChI is InChI=1S/C14H18ClN3O/c1-10(2)18-8-11(7-16-18)14(9-19)17-13-6-4-3-5-12(13)15/h3-8,10,14,17,19H,9H2,1-2H3. The lowest BCUT2D eigenvalue weighted by Crippen LogP contribution is -2.14. The first-order valence-corrected chi connectivity index (χ1v) is 6.65. The topological polar surface area (TPSA) is 50.1 Å². The van der Waals surface area contributed by atoms with Crippen LogP contribution in [0.3, 0.4) is 0 Å². The van der Waals surface area contributed by atoms with Crippen molar-refractivity contribution in [3.05, 3.63) is 47.2 Å². The average Bonchev–Trinajstić information content (AvgIpc) is 2.87. The van der Waals surface area contributed by atoms with Gasteiger partial charge in [0, 0.05) is 17.8 Å². The van der Waals surface area contributed by atoms with Gasteiger partial charge in [-0.2, -0.15) is 5.10 Å². The van der Waals surface area contributed by atoms with E-state index in [-0.39, 0.29) is 12.6 Å². The summed E-state index contributed by atoms with van der Waals surface area (Å²) in [5, 5.41) is 17.7. The molecule has 0 bridgehead atoms. The summed E-state index contributed by atoms with van der Waals surface area (Å²) in [6.07, 6.45) is 3.71. The molecule has 2 N–H and O–H groups in total. The maximum atomic E-state index is 9.54. The average molecular weight is 280 g/mol. The second kappa shape index (κ2) is 6.08. The van der Waals surface area contributed by atoms with E-state index >= 15 is 0 Å². The molecule has 0 saturated carbocycles. The summed E-state index contributed by atoms with van der Waals surface area (Å²) in [6, 6.07) is 7.56. The Bertz CT molecular complexity index is 539. The third-order valence-corrected chi connectivity index (χ3v) is 3.27.